The van der Waals surface area contributed by atoms with Crippen LogP contribution in [0.1, 0.15) is 6.42 Å². The fraction of sp³-hybridized carbons (Fsp3) is 0.368. The van der Waals surface area contributed by atoms with E-state index in [4.69, 9.17) is 0 Å². The van der Waals surface area contributed by atoms with Gasteiger partial charge < -0.3 is 0 Å². The Labute approximate surface area is 156 Å². The molecule has 0 unspecified atom stereocenters. The standard InChI is InChI=1S/C19H15Br2NO2/c20-16-11-8-12(17(16)21)15-14(11)18(23)22(19(15)24)13-7-3-5-9-4-1-2-6-10(9)13/h1-7,11-12,14-17H,8H2/t11-,12+,14-,15+,16-,17+. The molecule has 3 aliphatic rings. The largest absolute Gasteiger partial charge is 0.274 e. The Morgan fingerprint density at radius 3 is 2.08 bits per heavy atom. The van der Waals surface area contributed by atoms with Crippen LogP contribution in [0.25, 0.3) is 10.8 Å². The number of hydrogen-bond acceptors (Lipinski definition) is 2. The van der Waals surface area contributed by atoms with Gasteiger partial charge in [-0.15, -0.1) is 0 Å². The molecule has 2 aromatic carbocycles. The summed E-state index contributed by atoms with van der Waals surface area (Å²) in [5, 5.41) is 2.01. The zero-order valence-electron chi connectivity index (χ0n) is 12.7. The van der Waals surface area contributed by atoms with Crippen LogP contribution in [0.4, 0.5) is 5.69 Å². The molecule has 122 valence electrons. The third kappa shape index (κ3) is 1.77. The number of amides is 2. The van der Waals surface area contributed by atoms with Gasteiger partial charge in [-0.25, -0.2) is 4.90 Å². The third-order valence-corrected chi connectivity index (χ3v) is 9.20. The molecular weight excluding hydrogens is 434 g/mol. The summed E-state index contributed by atoms with van der Waals surface area (Å²) in [4.78, 5) is 28.3. The third-order valence-electron chi connectivity index (χ3n) is 5.99. The highest BCUT2D eigenvalue weighted by Gasteiger charge is 2.66. The summed E-state index contributed by atoms with van der Waals surface area (Å²) in [6.45, 7) is 0. The quantitative estimate of drug-likeness (QED) is 0.486. The molecule has 2 aliphatic carbocycles. The molecule has 0 spiro atoms. The van der Waals surface area contributed by atoms with Gasteiger partial charge in [0.2, 0.25) is 11.8 Å². The SMILES string of the molecule is O=C1[C@@H]2[C@H]3C[C@H]([C@H](Br)[C@@H]3Br)[C@@H]2C(=O)N1c1cccc2ccccc12. The van der Waals surface area contributed by atoms with Crippen LogP contribution in [0.5, 0.6) is 0 Å². The minimum absolute atomic E-state index is 0.0160. The highest BCUT2D eigenvalue weighted by molar-refractivity contribution is 9.12. The lowest BCUT2D eigenvalue weighted by molar-refractivity contribution is -0.123. The van der Waals surface area contributed by atoms with Gasteiger partial charge in [0, 0.05) is 15.0 Å². The monoisotopic (exact) mass is 447 g/mol. The van der Waals surface area contributed by atoms with Crippen molar-refractivity contribution in [3.05, 3.63) is 42.5 Å². The molecule has 0 radical (unpaired) electrons. The Hall–Kier alpha value is -1.20. The molecule has 2 aromatic rings. The Kier molecular flexibility index (Phi) is 3.24. The topological polar surface area (TPSA) is 37.4 Å². The van der Waals surface area contributed by atoms with E-state index in [-0.39, 0.29) is 45.1 Å². The van der Waals surface area contributed by atoms with Crippen LogP contribution in [0.15, 0.2) is 42.5 Å². The number of benzene rings is 2. The van der Waals surface area contributed by atoms with E-state index in [1.807, 2.05) is 42.5 Å². The molecule has 6 atom stereocenters. The number of rotatable bonds is 1. The summed E-state index contributed by atoms with van der Waals surface area (Å²) in [5.74, 6) is 0.135. The zero-order valence-corrected chi connectivity index (χ0v) is 15.9. The Bertz CT molecular complexity index is 845. The lowest BCUT2D eigenvalue weighted by Crippen LogP contribution is -2.37. The predicted molar refractivity (Wildman–Crippen MR) is 100 cm³/mol. The first kappa shape index (κ1) is 15.1. The van der Waals surface area contributed by atoms with E-state index in [1.54, 1.807) is 0 Å². The van der Waals surface area contributed by atoms with Crippen molar-refractivity contribution in [2.45, 2.75) is 16.1 Å². The fourth-order valence-electron chi connectivity index (χ4n) is 4.99. The van der Waals surface area contributed by atoms with E-state index in [0.29, 0.717) is 0 Å². The van der Waals surface area contributed by atoms with Crippen LogP contribution >= 0.6 is 31.9 Å². The molecule has 2 amide bonds. The normalized spacial score (nSPS) is 37.5. The van der Waals surface area contributed by atoms with Crippen LogP contribution in [0.3, 0.4) is 0 Å². The number of carbonyl (C=O) groups is 2. The number of alkyl halides is 2. The number of hydrogen-bond donors (Lipinski definition) is 0. The van der Waals surface area contributed by atoms with Gasteiger partial charge in [0.1, 0.15) is 0 Å². The summed E-state index contributed by atoms with van der Waals surface area (Å²) < 4.78 is 0. The number of nitrogens with zero attached hydrogens (tertiary/aromatic N) is 1. The van der Waals surface area contributed by atoms with Crippen molar-refractivity contribution in [1.82, 2.24) is 0 Å². The maximum absolute atomic E-state index is 13.2. The molecule has 1 heterocycles. The van der Waals surface area contributed by atoms with Crippen LogP contribution < -0.4 is 4.90 Å². The van der Waals surface area contributed by atoms with Gasteiger partial charge in [-0.2, -0.15) is 0 Å². The van der Waals surface area contributed by atoms with E-state index in [1.165, 1.54) is 4.90 Å². The van der Waals surface area contributed by atoms with Gasteiger partial charge in [-0.05, 0) is 29.7 Å². The van der Waals surface area contributed by atoms with Crippen molar-refractivity contribution in [3.63, 3.8) is 0 Å². The molecule has 2 saturated carbocycles. The van der Waals surface area contributed by atoms with Gasteiger partial charge >= 0.3 is 0 Å². The van der Waals surface area contributed by atoms with Crippen molar-refractivity contribution < 1.29 is 9.59 Å². The van der Waals surface area contributed by atoms with Crippen molar-refractivity contribution >= 4 is 60.1 Å². The van der Waals surface area contributed by atoms with Crippen LogP contribution in [-0.2, 0) is 9.59 Å². The average molecular weight is 449 g/mol. The van der Waals surface area contributed by atoms with Gasteiger partial charge in [0.25, 0.3) is 0 Å². The Morgan fingerprint density at radius 1 is 0.833 bits per heavy atom. The summed E-state index contributed by atoms with van der Waals surface area (Å²) in [5.41, 5.74) is 0.731. The lowest BCUT2D eigenvalue weighted by atomic mass is 9.81. The van der Waals surface area contributed by atoms with E-state index < -0.39 is 0 Å². The number of imide groups is 1. The minimum Gasteiger partial charge on any atom is -0.274 e. The molecule has 5 rings (SSSR count). The number of carbonyl (C=O) groups excluding carboxylic acids is 2. The molecule has 1 aliphatic heterocycles. The molecule has 0 N–H and O–H groups in total. The van der Waals surface area contributed by atoms with Gasteiger partial charge in [-0.1, -0.05) is 68.3 Å². The molecular formula is C19H15Br2NO2. The van der Waals surface area contributed by atoms with E-state index >= 15 is 0 Å². The van der Waals surface area contributed by atoms with E-state index in [0.717, 1.165) is 22.9 Å². The van der Waals surface area contributed by atoms with Gasteiger partial charge in [0.15, 0.2) is 0 Å². The lowest BCUT2D eigenvalue weighted by Gasteiger charge is -2.28. The van der Waals surface area contributed by atoms with Crippen molar-refractivity contribution in [2.75, 3.05) is 4.90 Å². The highest BCUT2D eigenvalue weighted by Crippen LogP contribution is 2.60. The first-order valence-electron chi connectivity index (χ1n) is 8.23. The smallest absolute Gasteiger partial charge is 0.238 e. The summed E-state index contributed by atoms with van der Waals surface area (Å²) >= 11 is 7.46. The second-order valence-electron chi connectivity index (χ2n) is 7.01. The van der Waals surface area contributed by atoms with E-state index in [9.17, 15) is 9.59 Å². The van der Waals surface area contributed by atoms with Gasteiger partial charge in [0.05, 0.1) is 17.5 Å². The van der Waals surface area contributed by atoms with Crippen LogP contribution in [0, 0.1) is 23.7 Å². The average Bonchev–Trinajstić information content (AvgIpc) is 3.20. The first-order valence-corrected chi connectivity index (χ1v) is 10.1. The molecule has 2 bridgehead atoms. The van der Waals surface area contributed by atoms with Crippen LogP contribution in [0.2, 0.25) is 0 Å². The van der Waals surface area contributed by atoms with Crippen molar-refractivity contribution in [3.8, 4) is 0 Å². The molecule has 24 heavy (non-hydrogen) atoms. The molecule has 5 heteroatoms. The summed E-state index contributed by atoms with van der Waals surface area (Å²) in [6, 6.07) is 13.7. The maximum Gasteiger partial charge on any atom is 0.238 e. The summed E-state index contributed by atoms with van der Waals surface area (Å²) in [6.07, 6.45) is 0.960. The fourth-order valence-corrected chi connectivity index (χ4v) is 6.86. The Morgan fingerprint density at radius 2 is 1.42 bits per heavy atom. The van der Waals surface area contributed by atoms with E-state index in [2.05, 4.69) is 31.9 Å². The first-order chi connectivity index (χ1) is 11.6. The molecule has 3 fully saturated rings. The second kappa shape index (κ2) is 5.15. The van der Waals surface area contributed by atoms with Gasteiger partial charge in [-0.3, -0.25) is 9.59 Å². The molecule has 1 saturated heterocycles. The minimum atomic E-state index is -0.167. The second-order valence-corrected chi connectivity index (χ2v) is 9.13. The number of halogens is 2. The highest BCUT2D eigenvalue weighted by atomic mass is 79.9. The number of fused-ring (bicyclic) bond motifs is 6. The maximum atomic E-state index is 13.2. The van der Waals surface area contributed by atoms with Crippen LogP contribution in [-0.4, -0.2) is 21.5 Å². The summed E-state index contributed by atoms with van der Waals surface area (Å²) in [7, 11) is 0. The predicted octanol–water partition coefficient (Wildman–Crippen LogP) is 4.12. The Balaban J connectivity index is 1.64. The van der Waals surface area contributed by atoms with Crippen molar-refractivity contribution in [2.24, 2.45) is 23.7 Å². The molecule has 3 nitrogen and oxygen atoms in total. The molecule has 0 aromatic heterocycles. The van der Waals surface area contributed by atoms with Crippen molar-refractivity contribution in [1.29, 1.82) is 0 Å². The number of anilines is 1. The zero-order chi connectivity index (χ0) is 16.6.